The van der Waals surface area contributed by atoms with Gasteiger partial charge < -0.3 is 10.2 Å². The lowest BCUT2D eigenvalue weighted by molar-refractivity contribution is -0.122. The van der Waals surface area contributed by atoms with Crippen molar-refractivity contribution in [2.75, 3.05) is 0 Å². The van der Waals surface area contributed by atoms with Crippen molar-refractivity contribution in [2.45, 2.75) is 70.5 Å². The maximum atomic E-state index is 10.3. The summed E-state index contributed by atoms with van der Waals surface area (Å²) in [6.07, 6.45) is 4.82. The number of rotatable bonds is 3. The van der Waals surface area contributed by atoms with Crippen LogP contribution < -0.4 is 0 Å². The van der Waals surface area contributed by atoms with Crippen molar-refractivity contribution >= 4 is 0 Å². The smallest absolute Gasteiger partial charge is 0.0677 e. The fourth-order valence-electron chi connectivity index (χ4n) is 3.05. The molecule has 0 amide bonds. The van der Waals surface area contributed by atoms with Gasteiger partial charge in [0.25, 0.3) is 0 Å². The maximum Gasteiger partial charge on any atom is 0.0677 e. The van der Waals surface area contributed by atoms with Crippen molar-refractivity contribution in [3.63, 3.8) is 0 Å². The molecular weight excluding hydrogens is 176 g/mol. The van der Waals surface area contributed by atoms with Gasteiger partial charge >= 0.3 is 0 Å². The van der Waals surface area contributed by atoms with Gasteiger partial charge in [-0.15, -0.1) is 0 Å². The van der Waals surface area contributed by atoms with E-state index >= 15 is 0 Å². The Bertz CT molecular complexity index is 193. The SMILES string of the molecule is CCCC1(O)CC(C)CC(O)(CC)C1. The van der Waals surface area contributed by atoms with Crippen LogP contribution in [0.5, 0.6) is 0 Å². The summed E-state index contributed by atoms with van der Waals surface area (Å²) >= 11 is 0. The van der Waals surface area contributed by atoms with Crippen molar-refractivity contribution in [1.29, 1.82) is 0 Å². The van der Waals surface area contributed by atoms with Gasteiger partial charge in [-0.3, -0.25) is 0 Å². The Hall–Kier alpha value is -0.0800. The van der Waals surface area contributed by atoms with E-state index in [4.69, 9.17) is 0 Å². The van der Waals surface area contributed by atoms with E-state index in [1.807, 2.05) is 6.92 Å². The molecule has 14 heavy (non-hydrogen) atoms. The highest BCUT2D eigenvalue weighted by atomic mass is 16.3. The molecule has 0 saturated heterocycles. The first-order chi connectivity index (χ1) is 6.43. The highest BCUT2D eigenvalue weighted by Gasteiger charge is 2.43. The molecule has 0 heterocycles. The zero-order valence-corrected chi connectivity index (χ0v) is 9.71. The minimum atomic E-state index is -0.623. The van der Waals surface area contributed by atoms with E-state index in [2.05, 4.69) is 13.8 Å². The van der Waals surface area contributed by atoms with Crippen LogP contribution in [0.15, 0.2) is 0 Å². The van der Waals surface area contributed by atoms with Crippen molar-refractivity contribution in [2.24, 2.45) is 5.92 Å². The molecule has 3 unspecified atom stereocenters. The molecule has 0 radical (unpaired) electrons. The van der Waals surface area contributed by atoms with Gasteiger partial charge in [-0.1, -0.05) is 27.2 Å². The topological polar surface area (TPSA) is 40.5 Å². The molecule has 1 aliphatic carbocycles. The van der Waals surface area contributed by atoms with E-state index in [9.17, 15) is 10.2 Å². The van der Waals surface area contributed by atoms with Crippen LogP contribution >= 0.6 is 0 Å². The highest BCUT2D eigenvalue weighted by Crippen LogP contribution is 2.42. The summed E-state index contributed by atoms with van der Waals surface area (Å²) in [6.45, 7) is 6.22. The summed E-state index contributed by atoms with van der Waals surface area (Å²) in [6, 6.07) is 0. The molecule has 0 spiro atoms. The molecule has 1 fully saturated rings. The standard InChI is InChI=1S/C12H24O2/c1-4-6-12(14)8-10(3)7-11(13,5-2)9-12/h10,13-14H,4-9H2,1-3H3. The average molecular weight is 200 g/mol. The number of hydrogen-bond acceptors (Lipinski definition) is 2. The molecule has 2 heteroatoms. The molecule has 84 valence electrons. The minimum absolute atomic E-state index is 0.435. The predicted molar refractivity (Wildman–Crippen MR) is 58.1 cm³/mol. The van der Waals surface area contributed by atoms with Crippen LogP contribution in [-0.2, 0) is 0 Å². The average Bonchev–Trinajstić information content (AvgIpc) is 2.01. The number of hydrogen-bond donors (Lipinski definition) is 2. The van der Waals surface area contributed by atoms with Crippen LogP contribution in [0.4, 0.5) is 0 Å². The van der Waals surface area contributed by atoms with E-state index in [1.54, 1.807) is 0 Å². The third-order valence-electron chi connectivity index (χ3n) is 3.49. The van der Waals surface area contributed by atoms with Gasteiger partial charge in [0.05, 0.1) is 11.2 Å². The molecule has 2 nitrogen and oxygen atoms in total. The summed E-state index contributed by atoms with van der Waals surface area (Å²) in [5.41, 5.74) is -1.24. The van der Waals surface area contributed by atoms with Gasteiger partial charge in [-0.25, -0.2) is 0 Å². The largest absolute Gasteiger partial charge is 0.390 e. The maximum absolute atomic E-state index is 10.3. The van der Waals surface area contributed by atoms with Crippen LogP contribution in [0.1, 0.15) is 59.3 Å². The molecule has 0 aromatic carbocycles. The van der Waals surface area contributed by atoms with Crippen molar-refractivity contribution < 1.29 is 10.2 Å². The second-order valence-corrected chi connectivity index (χ2v) is 5.24. The lowest BCUT2D eigenvalue weighted by atomic mass is 9.68. The Morgan fingerprint density at radius 3 is 2.21 bits per heavy atom. The monoisotopic (exact) mass is 200 g/mol. The molecular formula is C12H24O2. The second kappa shape index (κ2) is 4.19. The minimum Gasteiger partial charge on any atom is -0.390 e. The Kier molecular flexibility index (Phi) is 3.59. The van der Waals surface area contributed by atoms with E-state index < -0.39 is 11.2 Å². The quantitative estimate of drug-likeness (QED) is 0.734. The molecule has 2 N–H and O–H groups in total. The predicted octanol–water partition coefficient (Wildman–Crippen LogP) is 2.48. The lowest BCUT2D eigenvalue weighted by Crippen LogP contribution is -2.48. The first-order valence-electron chi connectivity index (χ1n) is 5.88. The van der Waals surface area contributed by atoms with Crippen molar-refractivity contribution in [3.8, 4) is 0 Å². The highest BCUT2D eigenvalue weighted by molar-refractivity contribution is 4.96. The zero-order chi connectivity index (χ0) is 10.8. The van der Waals surface area contributed by atoms with Gasteiger partial charge in [0.1, 0.15) is 0 Å². The van der Waals surface area contributed by atoms with Gasteiger partial charge in [0, 0.05) is 6.42 Å². The fourth-order valence-corrected chi connectivity index (χ4v) is 3.05. The molecule has 0 bridgehead atoms. The van der Waals surface area contributed by atoms with E-state index in [1.165, 1.54) is 0 Å². The first kappa shape index (κ1) is 12.0. The Labute approximate surface area is 87.3 Å². The Morgan fingerprint density at radius 1 is 1.14 bits per heavy atom. The first-order valence-corrected chi connectivity index (χ1v) is 5.88. The lowest BCUT2D eigenvalue weighted by Gasteiger charge is -2.45. The van der Waals surface area contributed by atoms with Crippen LogP contribution in [0.3, 0.4) is 0 Å². The van der Waals surface area contributed by atoms with Gasteiger partial charge in [-0.2, -0.15) is 0 Å². The number of aliphatic hydroxyl groups is 2. The molecule has 0 aromatic heterocycles. The summed E-state index contributed by atoms with van der Waals surface area (Å²) in [5, 5.41) is 20.6. The van der Waals surface area contributed by atoms with E-state index in [-0.39, 0.29) is 0 Å². The molecule has 0 aromatic rings. The van der Waals surface area contributed by atoms with Crippen LogP contribution in [0, 0.1) is 5.92 Å². The van der Waals surface area contributed by atoms with Gasteiger partial charge in [-0.05, 0) is 31.6 Å². The van der Waals surface area contributed by atoms with E-state index in [0.717, 1.165) is 32.1 Å². The normalized spacial score (nSPS) is 43.9. The van der Waals surface area contributed by atoms with Gasteiger partial charge in [0.15, 0.2) is 0 Å². The summed E-state index contributed by atoms with van der Waals surface area (Å²) < 4.78 is 0. The summed E-state index contributed by atoms with van der Waals surface area (Å²) in [4.78, 5) is 0. The second-order valence-electron chi connectivity index (χ2n) is 5.24. The molecule has 3 atom stereocenters. The van der Waals surface area contributed by atoms with E-state index in [0.29, 0.717) is 12.3 Å². The van der Waals surface area contributed by atoms with Crippen molar-refractivity contribution in [3.05, 3.63) is 0 Å². The van der Waals surface area contributed by atoms with Crippen LogP contribution in [0.25, 0.3) is 0 Å². The van der Waals surface area contributed by atoms with Crippen LogP contribution in [-0.4, -0.2) is 21.4 Å². The van der Waals surface area contributed by atoms with Gasteiger partial charge in [0.2, 0.25) is 0 Å². The Morgan fingerprint density at radius 2 is 1.71 bits per heavy atom. The molecule has 1 aliphatic rings. The molecule has 1 rings (SSSR count). The third-order valence-corrected chi connectivity index (χ3v) is 3.49. The molecule has 0 aliphatic heterocycles. The Balaban J connectivity index is 2.71. The summed E-state index contributed by atoms with van der Waals surface area (Å²) in [7, 11) is 0. The third kappa shape index (κ3) is 2.71. The fraction of sp³-hybridized carbons (Fsp3) is 1.00. The zero-order valence-electron chi connectivity index (χ0n) is 9.71. The van der Waals surface area contributed by atoms with Crippen LogP contribution in [0.2, 0.25) is 0 Å². The van der Waals surface area contributed by atoms with Crippen molar-refractivity contribution in [1.82, 2.24) is 0 Å². The summed E-state index contributed by atoms with van der Waals surface area (Å²) in [5.74, 6) is 0.435. The molecule has 1 saturated carbocycles.